The van der Waals surface area contributed by atoms with Gasteiger partial charge in [-0.2, -0.15) is 0 Å². The smallest absolute Gasteiger partial charge is 0.255 e. The minimum absolute atomic E-state index is 0.0389. The third-order valence-electron chi connectivity index (χ3n) is 4.68. The van der Waals surface area contributed by atoms with Gasteiger partial charge in [-0.1, -0.05) is 31.2 Å². The second-order valence-electron chi connectivity index (χ2n) is 6.63. The van der Waals surface area contributed by atoms with Crippen molar-refractivity contribution in [2.24, 2.45) is 0 Å². The number of aromatic nitrogens is 1. The summed E-state index contributed by atoms with van der Waals surface area (Å²) in [6, 6.07) is 16.1. The Morgan fingerprint density at radius 1 is 1.07 bits per heavy atom. The first-order valence-electron chi connectivity index (χ1n) is 9.36. The van der Waals surface area contributed by atoms with E-state index in [4.69, 9.17) is 0 Å². The summed E-state index contributed by atoms with van der Waals surface area (Å²) < 4.78 is 0. The molecule has 0 saturated carbocycles. The Morgan fingerprint density at radius 3 is 2.41 bits per heavy atom. The molecule has 0 saturated heterocycles. The molecule has 6 heteroatoms. The quantitative estimate of drug-likeness (QED) is 0.673. The van der Waals surface area contributed by atoms with Gasteiger partial charge in [0, 0.05) is 38.1 Å². The van der Waals surface area contributed by atoms with Gasteiger partial charge in [0.2, 0.25) is 5.91 Å². The number of pyridine rings is 1. The van der Waals surface area contributed by atoms with Crippen molar-refractivity contribution < 1.29 is 14.7 Å². The first kappa shape index (κ1) is 20.1. The molecule has 0 aliphatic carbocycles. The molecule has 0 fully saturated rings. The molecule has 148 valence electrons. The summed E-state index contributed by atoms with van der Waals surface area (Å²) in [6.07, 6.45) is 3.79. The number of carbonyl (C=O) groups is 2. The monoisotopic (exact) mass is 389 g/mol. The molecule has 29 heavy (non-hydrogen) atoms. The van der Waals surface area contributed by atoms with Crippen LogP contribution >= 0.6 is 0 Å². The second-order valence-corrected chi connectivity index (χ2v) is 6.63. The highest BCUT2D eigenvalue weighted by atomic mass is 16.3. The number of hydrogen-bond acceptors (Lipinski definition) is 4. The van der Waals surface area contributed by atoms with Gasteiger partial charge < -0.3 is 15.3 Å². The molecule has 0 radical (unpaired) electrons. The lowest BCUT2D eigenvalue weighted by Crippen LogP contribution is -2.24. The Balaban J connectivity index is 1.72. The maximum Gasteiger partial charge on any atom is 0.255 e. The number of aromatic hydroxyl groups is 1. The molecule has 0 bridgehead atoms. The summed E-state index contributed by atoms with van der Waals surface area (Å²) in [5.41, 5.74) is 3.55. The van der Waals surface area contributed by atoms with Crippen LogP contribution in [0.1, 0.15) is 29.3 Å². The van der Waals surface area contributed by atoms with Crippen molar-refractivity contribution in [1.29, 1.82) is 0 Å². The molecule has 0 aliphatic heterocycles. The third-order valence-corrected chi connectivity index (χ3v) is 4.68. The van der Waals surface area contributed by atoms with Crippen LogP contribution in [0.5, 0.6) is 5.75 Å². The summed E-state index contributed by atoms with van der Waals surface area (Å²) in [4.78, 5) is 29.8. The fourth-order valence-corrected chi connectivity index (χ4v) is 2.94. The fourth-order valence-electron chi connectivity index (χ4n) is 2.94. The lowest BCUT2D eigenvalue weighted by atomic mass is 10.0. The van der Waals surface area contributed by atoms with E-state index in [1.165, 1.54) is 0 Å². The molecular formula is C23H23N3O3. The predicted octanol–water partition coefficient (Wildman–Crippen LogP) is 3.76. The zero-order valence-corrected chi connectivity index (χ0v) is 16.4. The van der Waals surface area contributed by atoms with E-state index in [-0.39, 0.29) is 23.1 Å². The number of phenols is 1. The van der Waals surface area contributed by atoms with Gasteiger partial charge in [-0.25, -0.2) is 0 Å². The Kier molecular flexibility index (Phi) is 6.24. The molecule has 2 amide bonds. The van der Waals surface area contributed by atoms with Gasteiger partial charge in [0.15, 0.2) is 0 Å². The Bertz CT molecular complexity index is 1000. The summed E-state index contributed by atoms with van der Waals surface area (Å²) in [5.74, 6) is -0.404. The highest BCUT2D eigenvalue weighted by Crippen LogP contribution is 2.28. The van der Waals surface area contributed by atoms with Gasteiger partial charge in [0.1, 0.15) is 5.75 Å². The van der Waals surface area contributed by atoms with E-state index in [1.807, 2.05) is 37.3 Å². The molecule has 3 aromatic rings. The summed E-state index contributed by atoms with van der Waals surface area (Å²) in [5, 5.41) is 13.1. The molecule has 0 spiro atoms. The van der Waals surface area contributed by atoms with Crippen LogP contribution in [-0.2, 0) is 11.3 Å². The Labute approximate surface area is 169 Å². The SMILES string of the molecule is CCC(=O)N(C)c1ccc(-c2ccc(C(=O)NCc3cccnc3)c(O)c2)cc1. The number of carbonyl (C=O) groups excluding carboxylic acids is 2. The summed E-state index contributed by atoms with van der Waals surface area (Å²) in [6.45, 7) is 2.16. The normalized spacial score (nSPS) is 10.4. The molecule has 1 heterocycles. The predicted molar refractivity (Wildman–Crippen MR) is 113 cm³/mol. The van der Waals surface area contributed by atoms with Crippen LogP contribution in [-0.4, -0.2) is 29.0 Å². The topological polar surface area (TPSA) is 82.5 Å². The number of hydrogen-bond donors (Lipinski definition) is 2. The summed E-state index contributed by atoms with van der Waals surface area (Å²) >= 11 is 0. The van der Waals surface area contributed by atoms with Gasteiger partial charge in [-0.3, -0.25) is 14.6 Å². The number of anilines is 1. The van der Waals surface area contributed by atoms with Crippen molar-refractivity contribution in [3.8, 4) is 16.9 Å². The standard InChI is InChI=1S/C23H23N3O3/c1-3-22(28)26(2)19-9-6-17(7-10-19)18-8-11-20(21(27)13-18)23(29)25-15-16-5-4-12-24-14-16/h4-14,27H,3,15H2,1-2H3,(H,25,29). The van der Waals surface area contributed by atoms with Crippen LogP contribution in [0.2, 0.25) is 0 Å². The van der Waals surface area contributed by atoms with Crippen LogP contribution in [0.3, 0.4) is 0 Å². The van der Waals surface area contributed by atoms with E-state index in [2.05, 4.69) is 10.3 Å². The van der Waals surface area contributed by atoms with Crippen molar-refractivity contribution in [2.75, 3.05) is 11.9 Å². The first-order valence-corrected chi connectivity index (χ1v) is 9.36. The molecule has 3 rings (SSSR count). The van der Waals surface area contributed by atoms with E-state index >= 15 is 0 Å². The molecule has 1 aromatic heterocycles. The molecule has 2 N–H and O–H groups in total. The van der Waals surface area contributed by atoms with Crippen LogP contribution < -0.4 is 10.2 Å². The third kappa shape index (κ3) is 4.79. The number of benzene rings is 2. The van der Waals surface area contributed by atoms with Gasteiger partial charge in [0.05, 0.1) is 5.56 Å². The van der Waals surface area contributed by atoms with Crippen molar-refractivity contribution in [2.45, 2.75) is 19.9 Å². The largest absolute Gasteiger partial charge is 0.507 e. The maximum absolute atomic E-state index is 12.4. The first-order chi connectivity index (χ1) is 14.0. The number of amides is 2. The van der Waals surface area contributed by atoms with Gasteiger partial charge in [-0.15, -0.1) is 0 Å². The van der Waals surface area contributed by atoms with Crippen LogP contribution in [0, 0.1) is 0 Å². The van der Waals surface area contributed by atoms with Crippen LogP contribution in [0.25, 0.3) is 11.1 Å². The Morgan fingerprint density at radius 2 is 1.79 bits per heavy atom. The van der Waals surface area contributed by atoms with Crippen molar-refractivity contribution in [1.82, 2.24) is 10.3 Å². The second kappa shape index (κ2) is 9.01. The van der Waals surface area contributed by atoms with Gasteiger partial charge in [0.25, 0.3) is 5.91 Å². The Hall–Kier alpha value is -3.67. The maximum atomic E-state index is 12.4. The number of rotatable bonds is 6. The molecule has 0 aliphatic rings. The molecule has 2 aromatic carbocycles. The minimum atomic E-state index is -0.354. The van der Waals surface area contributed by atoms with Crippen molar-refractivity contribution in [3.05, 3.63) is 78.1 Å². The molecule has 0 unspecified atom stereocenters. The number of nitrogens with one attached hydrogen (secondary N) is 1. The minimum Gasteiger partial charge on any atom is -0.507 e. The van der Waals surface area contributed by atoms with E-state index < -0.39 is 0 Å². The molecule has 0 atom stereocenters. The zero-order valence-electron chi connectivity index (χ0n) is 16.4. The van der Waals surface area contributed by atoms with E-state index in [0.29, 0.717) is 13.0 Å². The van der Waals surface area contributed by atoms with Crippen molar-refractivity contribution in [3.63, 3.8) is 0 Å². The van der Waals surface area contributed by atoms with Crippen LogP contribution in [0.4, 0.5) is 5.69 Å². The van der Waals surface area contributed by atoms with Gasteiger partial charge in [-0.05, 0) is 47.0 Å². The van der Waals surface area contributed by atoms with E-state index in [0.717, 1.165) is 22.4 Å². The highest BCUT2D eigenvalue weighted by molar-refractivity contribution is 5.97. The summed E-state index contributed by atoms with van der Waals surface area (Å²) in [7, 11) is 1.74. The van der Waals surface area contributed by atoms with E-state index in [1.54, 1.807) is 48.6 Å². The average Bonchev–Trinajstić information content (AvgIpc) is 2.77. The molecule has 6 nitrogen and oxygen atoms in total. The average molecular weight is 389 g/mol. The van der Waals surface area contributed by atoms with Gasteiger partial charge >= 0.3 is 0 Å². The zero-order chi connectivity index (χ0) is 20.8. The number of phenolic OH excluding ortho intramolecular Hbond substituents is 1. The van der Waals surface area contributed by atoms with Crippen LogP contribution in [0.15, 0.2) is 67.0 Å². The molecular weight excluding hydrogens is 366 g/mol. The fraction of sp³-hybridized carbons (Fsp3) is 0.174. The lowest BCUT2D eigenvalue weighted by molar-refractivity contribution is -0.118. The number of nitrogens with zero attached hydrogens (tertiary/aromatic N) is 2. The van der Waals surface area contributed by atoms with Crippen molar-refractivity contribution >= 4 is 17.5 Å². The highest BCUT2D eigenvalue weighted by Gasteiger charge is 2.13. The lowest BCUT2D eigenvalue weighted by Gasteiger charge is -2.17. The van der Waals surface area contributed by atoms with E-state index in [9.17, 15) is 14.7 Å².